The van der Waals surface area contributed by atoms with E-state index in [-0.39, 0.29) is 18.0 Å². The number of anilines is 1. The van der Waals surface area contributed by atoms with Crippen LogP contribution in [0.15, 0.2) is 65.7 Å². The molecule has 0 aliphatic carbocycles. The third kappa shape index (κ3) is 6.85. The van der Waals surface area contributed by atoms with Crippen LogP contribution in [0.5, 0.6) is 0 Å². The molecular weight excluding hydrogens is 519 g/mol. The van der Waals surface area contributed by atoms with E-state index in [4.69, 9.17) is 4.98 Å². The largest absolute Gasteiger partial charge is 0.416 e. The Morgan fingerprint density at radius 2 is 1.85 bits per heavy atom. The molecule has 2 aliphatic rings. The van der Waals surface area contributed by atoms with E-state index in [0.29, 0.717) is 6.04 Å². The Bertz CT molecular complexity index is 1390. The van der Waals surface area contributed by atoms with Gasteiger partial charge in [-0.2, -0.15) is 13.2 Å². The average molecular weight is 552 g/mol. The lowest BCUT2D eigenvalue weighted by molar-refractivity contribution is -0.137. The van der Waals surface area contributed by atoms with Gasteiger partial charge in [-0.1, -0.05) is 24.3 Å². The minimum atomic E-state index is -4.55. The lowest BCUT2D eigenvalue weighted by atomic mass is 10.1. The molecule has 3 aromatic rings. The highest BCUT2D eigenvalue weighted by atomic mass is 19.4. The first-order chi connectivity index (χ1) is 19.3. The lowest BCUT2D eigenvalue weighted by Gasteiger charge is -2.27. The van der Waals surface area contributed by atoms with Crippen molar-refractivity contribution in [3.63, 3.8) is 0 Å². The fraction of sp³-hybridized carbons (Fsp3) is 0.400. The minimum absolute atomic E-state index is 0.143. The summed E-state index contributed by atoms with van der Waals surface area (Å²) >= 11 is 0. The monoisotopic (exact) mass is 551 g/mol. The molecule has 1 N–H and O–H groups in total. The number of alkyl halides is 3. The van der Waals surface area contributed by atoms with Crippen molar-refractivity contribution in [3.8, 4) is 0 Å². The van der Waals surface area contributed by atoms with E-state index in [1.54, 1.807) is 6.21 Å². The molecule has 10 heteroatoms. The van der Waals surface area contributed by atoms with Gasteiger partial charge in [-0.25, -0.2) is 9.98 Å². The summed E-state index contributed by atoms with van der Waals surface area (Å²) < 4.78 is 38.6. The number of hydrogen-bond donors (Lipinski definition) is 1. The number of nitrogens with one attached hydrogen (secondary N) is 1. The average Bonchev–Trinajstić information content (AvgIpc) is 3.30. The lowest BCUT2D eigenvalue weighted by Crippen LogP contribution is -2.34. The molecule has 2 aliphatic heterocycles. The molecule has 0 spiro atoms. The van der Waals surface area contributed by atoms with Crippen LogP contribution in [0, 0.1) is 5.92 Å². The third-order valence-corrected chi connectivity index (χ3v) is 7.66. The number of rotatable bonds is 6. The van der Waals surface area contributed by atoms with E-state index in [1.165, 1.54) is 6.07 Å². The van der Waals surface area contributed by atoms with Crippen molar-refractivity contribution in [2.24, 2.45) is 10.9 Å². The Morgan fingerprint density at radius 3 is 2.70 bits per heavy atom. The maximum atomic E-state index is 12.9. The van der Waals surface area contributed by atoms with Gasteiger partial charge in [-0.05, 0) is 68.6 Å². The summed E-state index contributed by atoms with van der Waals surface area (Å²) in [6.07, 6.45) is 1.24. The van der Waals surface area contributed by atoms with Gasteiger partial charge in [-0.15, -0.1) is 0 Å². The Balaban J connectivity index is 1.08. The SMILES string of the molecule is O=C(CNC(=O)c1cccc(C(F)(F)F)c1)N=CC1CCN([C@H]2CCCN(c3ccc4ccccc4n3)CC2)C1. The molecule has 0 saturated carbocycles. The van der Waals surface area contributed by atoms with Crippen molar-refractivity contribution in [1.82, 2.24) is 15.2 Å². The summed E-state index contributed by atoms with van der Waals surface area (Å²) in [5.41, 5.74) is -0.0642. The Hall–Kier alpha value is -3.79. The first-order valence-corrected chi connectivity index (χ1v) is 13.6. The number of pyridine rings is 1. The van der Waals surface area contributed by atoms with Crippen LogP contribution >= 0.6 is 0 Å². The first-order valence-electron chi connectivity index (χ1n) is 13.6. The van der Waals surface area contributed by atoms with Crippen molar-refractivity contribution >= 4 is 34.7 Å². The quantitative estimate of drug-likeness (QED) is 0.438. The van der Waals surface area contributed by atoms with Gasteiger partial charge in [0.2, 0.25) is 0 Å². The van der Waals surface area contributed by atoms with Gasteiger partial charge in [-0.3, -0.25) is 14.5 Å². The maximum absolute atomic E-state index is 12.9. The van der Waals surface area contributed by atoms with Crippen LogP contribution in [0.1, 0.15) is 41.6 Å². The van der Waals surface area contributed by atoms with Gasteiger partial charge in [0.25, 0.3) is 11.8 Å². The van der Waals surface area contributed by atoms with E-state index in [0.717, 1.165) is 86.8 Å². The van der Waals surface area contributed by atoms with Gasteiger partial charge in [0.05, 0.1) is 17.6 Å². The number of halogens is 3. The van der Waals surface area contributed by atoms with Gasteiger partial charge >= 0.3 is 6.18 Å². The highest BCUT2D eigenvalue weighted by molar-refractivity contribution is 5.97. The number of para-hydroxylation sites is 1. The minimum Gasteiger partial charge on any atom is -0.357 e. The third-order valence-electron chi connectivity index (χ3n) is 7.66. The number of aliphatic imine (C=N–C) groups is 1. The van der Waals surface area contributed by atoms with E-state index < -0.39 is 23.6 Å². The van der Waals surface area contributed by atoms with E-state index in [9.17, 15) is 22.8 Å². The van der Waals surface area contributed by atoms with Crippen molar-refractivity contribution in [2.45, 2.75) is 37.9 Å². The number of amides is 2. The predicted molar refractivity (Wildman–Crippen MR) is 149 cm³/mol. The highest BCUT2D eigenvalue weighted by Crippen LogP contribution is 2.30. The van der Waals surface area contributed by atoms with Gasteiger partial charge in [0.15, 0.2) is 0 Å². The predicted octanol–water partition coefficient (Wildman–Crippen LogP) is 4.96. The Morgan fingerprint density at radius 1 is 1.00 bits per heavy atom. The molecular formula is C30H32F3N5O2. The van der Waals surface area contributed by atoms with Crippen molar-refractivity contribution < 1.29 is 22.8 Å². The number of aromatic nitrogens is 1. The molecule has 1 aromatic heterocycles. The second kappa shape index (κ2) is 12.2. The normalized spacial score (nSPS) is 20.6. The Kier molecular flexibility index (Phi) is 8.44. The smallest absolute Gasteiger partial charge is 0.357 e. The molecule has 0 radical (unpaired) electrons. The zero-order valence-corrected chi connectivity index (χ0v) is 22.1. The second-order valence-electron chi connectivity index (χ2n) is 10.4. The molecule has 210 valence electrons. The number of nitrogens with zero attached hydrogens (tertiary/aromatic N) is 4. The number of carbonyl (C=O) groups is 2. The van der Waals surface area contributed by atoms with Crippen LogP contribution in [0.2, 0.25) is 0 Å². The summed E-state index contributed by atoms with van der Waals surface area (Å²) in [7, 11) is 0. The van der Waals surface area contributed by atoms with Crippen molar-refractivity contribution in [2.75, 3.05) is 37.6 Å². The van der Waals surface area contributed by atoms with E-state index in [1.807, 2.05) is 18.2 Å². The molecule has 3 heterocycles. The summed E-state index contributed by atoms with van der Waals surface area (Å²) in [5, 5.41) is 3.50. The van der Waals surface area contributed by atoms with Crippen molar-refractivity contribution in [3.05, 3.63) is 71.8 Å². The molecule has 5 rings (SSSR count). The number of hydrogen-bond acceptors (Lipinski definition) is 5. The fourth-order valence-corrected chi connectivity index (χ4v) is 5.50. The number of fused-ring (bicyclic) bond motifs is 1. The van der Waals surface area contributed by atoms with E-state index in [2.05, 4.69) is 38.3 Å². The van der Waals surface area contributed by atoms with Gasteiger partial charge in [0, 0.05) is 48.8 Å². The number of benzene rings is 2. The molecule has 7 nitrogen and oxygen atoms in total. The number of carbonyl (C=O) groups excluding carboxylic acids is 2. The van der Waals surface area contributed by atoms with Crippen LogP contribution < -0.4 is 10.2 Å². The molecule has 40 heavy (non-hydrogen) atoms. The highest BCUT2D eigenvalue weighted by Gasteiger charge is 2.31. The second-order valence-corrected chi connectivity index (χ2v) is 10.4. The van der Waals surface area contributed by atoms with Crippen LogP contribution in [-0.2, 0) is 11.0 Å². The summed E-state index contributed by atoms with van der Waals surface area (Å²) in [6.45, 7) is 3.31. The fourth-order valence-electron chi connectivity index (χ4n) is 5.50. The van der Waals surface area contributed by atoms with Crippen molar-refractivity contribution in [1.29, 1.82) is 0 Å². The molecule has 0 bridgehead atoms. The zero-order chi connectivity index (χ0) is 28.1. The molecule has 2 aromatic carbocycles. The maximum Gasteiger partial charge on any atom is 0.416 e. The van der Waals surface area contributed by atoms with Gasteiger partial charge in [0.1, 0.15) is 5.82 Å². The van der Waals surface area contributed by atoms with Gasteiger partial charge < -0.3 is 10.2 Å². The van der Waals surface area contributed by atoms with E-state index >= 15 is 0 Å². The van der Waals surface area contributed by atoms with Crippen LogP contribution in [0.4, 0.5) is 19.0 Å². The van der Waals surface area contributed by atoms with Crippen LogP contribution in [0.3, 0.4) is 0 Å². The molecule has 2 saturated heterocycles. The zero-order valence-electron chi connectivity index (χ0n) is 22.1. The topological polar surface area (TPSA) is 77.9 Å². The van der Waals surface area contributed by atoms with Crippen LogP contribution in [0.25, 0.3) is 10.9 Å². The Labute approximate surface area is 231 Å². The first kappa shape index (κ1) is 27.8. The molecule has 2 amide bonds. The standard InChI is InChI=1S/C30H32F3N5O2/c31-30(32,33)24-7-3-6-23(17-24)29(40)35-19-28(39)34-18-21-12-15-38(20-21)25-8-4-14-37(16-13-25)27-11-10-22-5-1-2-9-26(22)36-27/h1-3,5-7,9-11,17-18,21,25H,4,8,12-16,19-20H2,(H,35,40)/t21?,25-/m0/s1. The summed E-state index contributed by atoms with van der Waals surface area (Å²) in [5.74, 6) is -0.121. The molecule has 1 unspecified atom stereocenters. The summed E-state index contributed by atoms with van der Waals surface area (Å²) in [6, 6.07) is 16.9. The summed E-state index contributed by atoms with van der Waals surface area (Å²) in [4.78, 5) is 38.1. The van der Waals surface area contributed by atoms with Crippen LogP contribution in [-0.4, -0.2) is 66.7 Å². The molecule has 2 atom stereocenters. The molecule has 2 fully saturated rings. The number of likely N-dealkylation sites (tertiary alicyclic amines) is 1.